The molecule has 0 bridgehead atoms. The van der Waals surface area contributed by atoms with Gasteiger partial charge >= 0.3 is 0 Å². The van der Waals surface area contributed by atoms with Crippen molar-refractivity contribution in [1.29, 1.82) is 0 Å². The van der Waals surface area contributed by atoms with E-state index in [9.17, 15) is 13.2 Å². The second-order valence-electron chi connectivity index (χ2n) is 8.04. The Balaban J connectivity index is 1.23. The number of hydrogen-bond acceptors (Lipinski definition) is 8. The lowest BCUT2D eigenvalue weighted by Gasteiger charge is -2.29. The topological polar surface area (TPSA) is 119 Å². The lowest BCUT2D eigenvalue weighted by Crippen LogP contribution is -2.40. The van der Waals surface area contributed by atoms with Crippen LogP contribution < -0.4 is 0 Å². The van der Waals surface area contributed by atoms with Gasteiger partial charge in [-0.2, -0.15) is 9.29 Å². The van der Waals surface area contributed by atoms with E-state index in [0.717, 1.165) is 0 Å². The first-order chi connectivity index (χ1) is 16.0. The number of furan rings is 1. The molecule has 0 aliphatic carbocycles. The van der Waals surface area contributed by atoms with Crippen molar-refractivity contribution in [3.8, 4) is 11.4 Å². The Morgan fingerprint density at radius 1 is 1.00 bits per heavy atom. The number of amides is 1. The number of ether oxygens (including phenoxy) is 1. The molecule has 3 aromatic rings. The van der Waals surface area contributed by atoms with E-state index in [1.807, 2.05) is 0 Å². The van der Waals surface area contributed by atoms with Crippen molar-refractivity contribution >= 4 is 15.9 Å². The lowest BCUT2D eigenvalue weighted by molar-refractivity contribution is 0.0672. The van der Waals surface area contributed by atoms with Gasteiger partial charge in [-0.3, -0.25) is 4.79 Å². The smallest absolute Gasteiger partial charge is 0.289 e. The molecule has 5 rings (SSSR count). The highest BCUT2D eigenvalue weighted by Gasteiger charge is 2.29. The van der Waals surface area contributed by atoms with Crippen LogP contribution in [0.1, 0.15) is 35.2 Å². The molecule has 4 heterocycles. The summed E-state index contributed by atoms with van der Waals surface area (Å²) in [6.45, 7) is 2.66. The van der Waals surface area contributed by atoms with Crippen LogP contribution in [0.3, 0.4) is 0 Å². The van der Waals surface area contributed by atoms with Crippen molar-refractivity contribution in [3.05, 3.63) is 54.3 Å². The second-order valence-corrected chi connectivity index (χ2v) is 9.98. The number of nitrogens with zero attached hydrogens (tertiary/aromatic N) is 4. The minimum absolute atomic E-state index is 0.0628. The molecule has 10 nitrogen and oxygen atoms in total. The van der Waals surface area contributed by atoms with Crippen LogP contribution in [-0.2, 0) is 14.8 Å². The van der Waals surface area contributed by atoms with Crippen molar-refractivity contribution in [2.24, 2.45) is 0 Å². The normalized spacial score (nSPS) is 18.5. The molecule has 174 valence electrons. The molecule has 0 spiro atoms. The fourth-order valence-electron chi connectivity index (χ4n) is 4.12. The summed E-state index contributed by atoms with van der Waals surface area (Å²) in [4.78, 5) is 18.9. The number of carbonyl (C=O) groups is 1. The third-order valence-corrected chi connectivity index (χ3v) is 7.94. The van der Waals surface area contributed by atoms with Gasteiger partial charge in [0.05, 0.1) is 24.4 Å². The Labute approximate surface area is 191 Å². The van der Waals surface area contributed by atoms with E-state index in [2.05, 4.69) is 10.1 Å². The molecule has 33 heavy (non-hydrogen) atoms. The summed E-state index contributed by atoms with van der Waals surface area (Å²) in [6.07, 6.45) is 2.92. The van der Waals surface area contributed by atoms with Crippen LogP contribution in [0.4, 0.5) is 0 Å². The Hall–Kier alpha value is -3.02. The Morgan fingerprint density at radius 3 is 2.39 bits per heavy atom. The molecule has 0 N–H and O–H groups in total. The first-order valence-electron chi connectivity index (χ1n) is 10.9. The van der Waals surface area contributed by atoms with Crippen LogP contribution in [0.2, 0.25) is 0 Å². The third kappa shape index (κ3) is 4.43. The number of piperidine rings is 1. The molecule has 0 saturated carbocycles. The number of benzene rings is 1. The largest absolute Gasteiger partial charge is 0.459 e. The van der Waals surface area contributed by atoms with Crippen molar-refractivity contribution in [2.75, 3.05) is 39.4 Å². The molecule has 11 heteroatoms. The zero-order chi connectivity index (χ0) is 22.8. The molecule has 2 aliphatic heterocycles. The average molecular weight is 473 g/mol. The zero-order valence-electron chi connectivity index (χ0n) is 17.9. The van der Waals surface area contributed by atoms with Crippen molar-refractivity contribution < 1.29 is 26.9 Å². The average Bonchev–Trinajstić information content (AvgIpc) is 3.57. The summed E-state index contributed by atoms with van der Waals surface area (Å²) in [7, 11) is -3.55. The minimum Gasteiger partial charge on any atom is -0.459 e. The number of aromatic nitrogens is 2. The maximum atomic E-state index is 12.8. The number of carbonyl (C=O) groups excluding carboxylic acids is 1. The maximum Gasteiger partial charge on any atom is 0.289 e. The Morgan fingerprint density at radius 2 is 1.73 bits per heavy atom. The van der Waals surface area contributed by atoms with E-state index >= 15 is 0 Å². The highest BCUT2D eigenvalue weighted by atomic mass is 32.2. The maximum absolute atomic E-state index is 12.8. The van der Waals surface area contributed by atoms with Gasteiger partial charge in [0, 0.05) is 37.7 Å². The molecular formula is C22H24N4O6S. The number of hydrogen-bond donors (Lipinski definition) is 0. The van der Waals surface area contributed by atoms with Crippen LogP contribution in [0.5, 0.6) is 0 Å². The molecule has 2 fully saturated rings. The predicted octanol–water partition coefficient (Wildman–Crippen LogP) is 2.37. The number of rotatable bonds is 5. The molecular weight excluding hydrogens is 448 g/mol. The Bertz CT molecular complexity index is 1190. The van der Waals surface area contributed by atoms with Crippen molar-refractivity contribution in [1.82, 2.24) is 19.3 Å². The van der Waals surface area contributed by atoms with Gasteiger partial charge in [-0.1, -0.05) is 5.16 Å². The van der Waals surface area contributed by atoms with E-state index < -0.39 is 10.0 Å². The number of likely N-dealkylation sites (tertiary alicyclic amines) is 1. The molecule has 0 unspecified atom stereocenters. The Kier molecular flexibility index (Phi) is 6.00. The predicted molar refractivity (Wildman–Crippen MR) is 116 cm³/mol. The van der Waals surface area contributed by atoms with Crippen LogP contribution in [0.15, 0.2) is 56.5 Å². The van der Waals surface area contributed by atoms with E-state index in [1.54, 1.807) is 41.3 Å². The molecule has 1 aromatic carbocycles. The second kappa shape index (κ2) is 9.08. The van der Waals surface area contributed by atoms with Gasteiger partial charge in [-0.15, -0.1) is 0 Å². The van der Waals surface area contributed by atoms with Crippen LogP contribution >= 0.6 is 0 Å². The molecule has 2 aromatic heterocycles. The molecule has 0 radical (unpaired) electrons. The van der Waals surface area contributed by atoms with Gasteiger partial charge in [0.15, 0.2) is 5.76 Å². The first kappa shape index (κ1) is 21.8. The minimum atomic E-state index is -3.55. The third-order valence-electron chi connectivity index (χ3n) is 6.03. The monoisotopic (exact) mass is 472 g/mol. The number of sulfonamides is 1. The fourth-order valence-corrected chi connectivity index (χ4v) is 5.52. The number of morpholine rings is 1. The molecule has 2 saturated heterocycles. The van der Waals surface area contributed by atoms with E-state index in [4.69, 9.17) is 13.7 Å². The molecule has 0 atom stereocenters. The van der Waals surface area contributed by atoms with Gasteiger partial charge in [0.2, 0.25) is 21.7 Å². The van der Waals surface area contributed by atoms with Crippen molar-refractivity contribution in [2.45, 2.75) is 23.7 Å². The van der Waals surface area contributed by atoms with Crippen LogP contribution in [0, 0.1) is 0 Å². The van der Waals surface area contributed by atoms with E-state index in [1.165, 1.54) is 10.6 Å². The summed E-state index contributed by atoms with van der Waals surface area (Å²) >= 11 is 0. The molecule has 1 amide bonds. The van der Waals surface area contributed by atoms with Crippen LogP contribution in [0.25, 0.3) is 11.4 Å². The van der Waals surface area contributed by atoms with Gasteiger partial charge in [-0.05, 0) is 49.2 Å². The zero-order valence-corrected chi connectivity index (χ0v) is 18.7. The van der Waals surface area contributed by atoms with Gasteiger partial charge < -0.3 is 18.6 Å². The lowest BCUT2D eigenvalue weighted by atomic mass is 9.96. The quantitative estimate of drug-likeness (QED) is 0.555. The van der Waals surface area contributed by atoms with Crippen LogP contribution in [-0.4, -0.2) is 73.1 Å². The highest BCUT2D eigenvalue weighted by molar-refractivity contribution is 7.89. The standard InChI is InChI=1S/C22H24N4O6S/c27-22(19-2-1-13-31-19)25-9-7-17(8-10-25)21-23-20(24-32-21)16-3-5-18(6-4-16)33(28,29)26-11-14-30-15-12-26/h1-6,13,17H,7-12,14-15H2. The van der Waals surface area contributed by atoms with Gasteiger partial charge in [-0.25, -0.2) is 8.42 Å². The van der Waals surface area contributed by atoms with E-state index in [-0.39, 0.29) is 16.7 Å². The summed E-state index contributed by atoms with van der Waals surface area (Å²) in [5, 5.41) is 4.08. The van der Waals surface area contributed by atoms with Crippen molar-refractivity contribution in [3.63, 3.8) is 0 Å². The highest BCUT2D eigenvalue weighted by Crippen LogP contribution is 2.29. The summed E-state index contributed by atoms with van der Waals surface area (Å²) < 4.78 is 42.9. The summed E-state index contributed by atoms with van der Waals surface area (Å²) in [5.41, 5.74) is 0.677. The fraction of sp³-hybridized carbons (Fsp3) is 0.409. The first-order valence-corrected chi connectivity index (χ1v) is 12.3. The van der Waals surface area contributed by atoms with Gasteiger partial charge in [0.1, 0.15) is 0 Å². The molecule has 2 aliphatic rings. The SMILES string of the molecule is O=C(c1ccco1)N1CCC(c2nc(-c3ccc(S(=O)(=O)N4CCOCC4)cc3)no2)CC1. The van der Waals surface area contributed by atoms with Gasteiger partial charge in [0.25, 0.3) is 5.91 Å². The summed E-state index contributed by atoms with van der Waals surface area (Å²) in [5.74, 6) is 1.23. The summed E-state index contributed by atoms with van der Waals surface area (Å²) in [6, 6.07) is 9.86. The van der Waals surface area contributed by atoms with E-state index in [0.29, 0.717) is 75.3 Å².